The van der Waals surface area contributed by atoms with Crippen molar-refractivity contribution in [2.75, 3.05) is 13.2 Å². The Morgan fingerprint density at radius 3 is 2.87 bits per heavy atom. The fourth-order valence-corrected chi connectivity index (χ4v) is 1.95. The molecule has 0 aromatic heterocycles. The summed E-state index contributed by atoms with van der Waals surface area (Å²) in [6, 6.07) is 0. The zero-order valence-electron chi connectivity index (χ0n) is 9.83. The molecule has 1 rings (SSSR count). The fourth-order valence-electron chi connectivity index (χ4n) is 1.95. The van der Waals surface area contributed by atoms with E-state index < -0.39 is 0 Å². The summed E-state index contributed by atoms with van der Waals surface area (Å²) < 4.78 is 10.5. The number of hydrogen-bond acceptors (Lipinski definition) is 3. The van der Waals surface area contributed by atoms with Crippen LogP contribution in [0.15, 0.2) is 0 Å². The van der Waals surface area contributed by atoms with Gasteiger partial charge in [0, 0.05) is 6.61 Å². The van der Waals surface area contributed by atoms with Crippen LogP contribution in [-0.4, -0.2) is 25.3 Å². The molecular formula is C12H22O3. The molecule has 3 nitrogen and oxygen atoms in total. The van der Waals surface area contributed by atoms with Gasteiger partial charge in [0.15, 0.2) is 0 Å². The van der Waals surface area contributed by atoms with Gasteiger partial charge in [-0.2, -0.15) is 0 Å². The summed E-state index contributed by atoms with van der Waals surface area (Å²) >= 11 is 0. The van der Waals surface area contributed by atoms with Crippen LogP contribution in [0.1, 0.15) is 46.0 Å². The number of esters is 1. The molecule has 1 aliphatic heterocycles. The fraction of sp³-hybridized carbons (Fsp3) is 0.917. The first-order valence-corrected chi connectivity index (χ1v) is 6.06. The maximum atomic E-state index is 11.5. The van der Waals surface area contributed by atoms with Crippen LogP contribution >= 0.6 is 0 Å². The van der Waals surface area contributed by atoms with Crippen molar-refractivity contribution < 1.29 is 14.3 Å². The Labute approximate surface area is 92.1 Å². The molecule has 15 heavy (non-hydrogen) atoms. The number of ether oxygens (including phenoxy) is 2. The van der Waals surface area contributed by atoms with E-state index in [-0.39, 0.29) is 18.0 Å². The Morgan fingerprint density at radius 2 is 2.20 bits per heavy atom. The molecule has 0 radical (unpaired) electrons. The molecule has 0 aromatic carbocycles. The van der Waals surface area contributed by atoms with E-state index >= 15 is 0 Å². The van der Waals surface area contributed by atoms with Crippen LogP contribution in [0.2, 0.25) is 0 Å². The molecule has 0 aromatic rings. The van der Waals surface area contributed by atoms with Gasteiger partial charge in [-0.15, -0.1) is 0 Å². The molecule has 0 saturated carbocycles. The summed E-state index contributed by atoms with van der Waals surface area (Å²) in [5, 5.41) is 0. The van der Waals surface area contributed by atoms with E-state index in [1.165, 1.54) is 12.8 Å². The summed E-state index contributed by atoms with van der Waals surface area (Å²) in [6.45, 7) is 5.38. The molecule has 2 atom stereocenters. The van der Waals surface area contributed by atoms with E-state index in [2.05, 4.69) is 6.92 Å². The Kier molecular flexibility index (Phi) is 5.69. The van der Waals surface area contributed by atoms with Crippen molar-refractivity contribution in [3.63, 3.8) is 0 Å². The second kappa shape index (κ2) is 6.83. The van der Waals surface area contributed by atoms with Gasteiger partial charge in [-0.3, -0.25) is 4.79 Å². The first-order chi connectivity index (χ1) is 7.27. The minimum Gasteiger partial charge on any atom is -0.460 e. The summed E-state index contributed by atoms with van der Waals surface area (Å²) in [5.74, 6) is 0.109. The summed E-state index contributed by atoms with van der Waals surface area (Å²) in [4.78, 5) is 11.5. The van der Waals surface area contributed by atoms with Crippen molar-refractivity contribution in [3.05, 3.63) is 0 Å². The average Bonchev–Trinajstić information content (AvgIpc) is 2.57. The third-order valence-electron chi connectivity index (χ3n) is 2.83. The minimum absolute atomic E-state index is 0.00377. The smallest absolute Gasteiger partial charge is 0.309 e. The molecule has 1 heterocycles. The molecule has 1 fully saturated rings. The van der Waals surface area contributed by atoms with Crippen molar-refractivity contribution in [1.82, 2.24) is 0 Å². The van der Waals surface area contributed by atoms with Gasteiger partial charge in [-0.25, -0.2) is 0 Å². The van der Waals surface area contributed by atoms with Crippen molar-refractivity contribution in [2.24, 2.45) is 5.92 Å². The third-order valence-corrected chi connectivity index (χ3v) is 2.83. The van der Waals surface area contributed by atoms with Gasteiger partial charge < -0.3 is 9.47 Å². The Hall–Kier alpha value is -0.570. The highest BCUT2D eigenvalue weighted by atomic mass is 16.6. The van der Waals surface area contributed by atoms with Gasteiger partial charge in [0.1, 0.15) is 6.10 Å². The lowest BCUT2D eigenvalue weighted by Crippen LogP contribution is -2.14. The highest BCUT2D eigenvalue weighted by molar-refractivity contribution is 5.74. The quantitative estimate of drug-likeness (QED) is 0.482. The standard InChI is InChI=1S/C12H22O3/c1-3-5-6-7-10-8-11(9-14-4-2)15-12(10)13/h10-11H,3-9H2,1-2H3. The topological polar surface area (TPSA) is 35.5 Å². The van der Waals surface area contributed by atoms with Crippen LogP contribution in [-0.2, 0) is 14.3 Å². The normalized spacial score (nSPS) is 25.6. The lowest BCUT2D eigenvalue weighted by atomic mass is 9.98. The largest absolute Gasteiger partial charge is 0.460 e. The van der Waals surface area contributed by atoms with Gasteiger partial charge in [0.05, 0.1) is 12.5 Å². The third kappa shape index (κ3) is 4.20. The molecule has 1 aliphatic rings. The Morgan fingerprint density at radius 1 is 1.40 bits per heavy atom. The lowest BCUT2D eigenvalue weighted by molar-refractivity contribution is -0.146. The molecule has 0 bridgehead atoms. The summed E-state index contributed by atoms with van der Waals surface area (Å²) in [6.07, 6.45) is 5.38. The second-order valence-corrected chi connectivity index (χ2v) is 4.15. The lowest BCUT2D eigenvalue weighted by Gasteiger charge is -2.07. The van der Waals surface area contributed by atoms with E-state index in [1.807, 2.05) is 6.92 Å². The SMILES string of the molecule is CCCCCC1CC(COCC)OC1=O. The molecule has 0 spiro atoms. The van der Waals surface area contributed by atoms with Crippen molar-refractivity contribution in [2.45, 2.75) is 52.1 Å². The maximum Gasteiger partial charge on any atom is 0.309 e. The number of unbranched alkanes of at least 4 members (excludes halogenated alkanes) is 2. The zero-order valence-corrected chi connectivity index (χ0v) is 9.83. The highest BCUT2D eigenvalue weighted by Crippen LogP contribution is 2.26. The molecule has 2 unspecified atom stereocenters. The van der Waals surface area contributed by atoms with Gasteiger partial charge in [-0.05, 0) is 19.8 Å². The van der Waals surface area contributed by atoms with Crippen LogP contribution in [0.3, 0.4) is 0 Å². The maximum absolute atomic E-state index is 11.5. The number of carbonyl (C=O) groups is 1. The van der Waals surface area contributed by atoms with Crippen molar-refractivity contribution in [3.8, 4) is 0 Å². The van der Waals surface area contributed by atoms with Gasteiger partial charge >= 0.3 is 5.97 Å². The van der Waals surface area contributed by atoms with Crippen molar-refractivity contribution >= 4 is 5.97 Å². The Balaban J connectivity index is 2.20. The molecular weight excluding hydrogens is 192 g/mol. The van der Waals surface area contributed by atoms with Crippen LogP contribution in [0.4, 0.5) is 0 Å². The summed E-state index contributed by atoms with van der Waals surface area (Å²) in [5.41, 5.74) is 0. The van der Waals surface area contributed by atoms with E-state index in [4.69, 9.17) is 9.47 Å². The highest BCUT2D eigenvalue weighted by Gasteiger charge is 2.33. The number of cyclic esters (lactones) is 1. The first kappa shape index (κ1) is 12.5. The monoisotopic (exact) mass is 214 g/mol. The predicted octanol–water partition coefficient (Wildman–Crippen LogP) is 2.53. The molecule has 88 valence electrons. The number of hydrogen-bond donors (Lipinski definition) is 0. The van der Waals surface area contributed by atoms with Crippen LogP contribution < -0.4 is 0 Å². The van der Waals surface area contributed by atoms with Crippen LogP contribution in [0.25, 0.3) is 0 Å². The Bertz CT molecular complexity index is 191. The van der Waals surface area contributed by atoms with Gasteiger partial charge in [0.25, 0.3) is 0 Å². The van der Waals surface area contributed by atoms with Crippen LogP contribution in [0.5, 0.6) is 0 Å². The van der Waals surface area contributed by atoms with E-state index in [1.54, 1.807) is 0 Å². The molecule has 0 amide bonds. The van der Waals surface area contributed by atoms with Gasteiger partial charge in [0.2, 0.25) is 0 Å². The number of rotatable bonds is 7. The average molecular weight is 214 g/mol. The molecule has 1 saturated heterocycles. The molecule has 0 N–H and O–H groups in total. The van der Waals surface area contributed by atoms with Gasteiger partial charge in [-0.1, -0.05) is 26.2 Å². The van der Waals surface area contributed by atoms with E-state index in [0.29, 0.717) is 13.2 Å². The predicted molar refractivity (Wildman–Crippen MR) is 58.6 cm³/mol. The van der Waals surface area contributed by atoms with Crippen molar-refractivity contribution in [1.29, 1.82) is 0 Å². The summed E-state index contributed by atoms with van der Waals surface area (Å²) in [7, 11) is 0. The number of carbonyl (C=O) groups excluding carboxylic acids is 1. The van der Waals surface area contributed by atoms with E-state index in [0.717, 1.165) is 19.3 Å². The molecule has 0 aliphatic carbocycles. The minimum atomic E-state index is -0.0178. The first-order valence-electron chi connectivity index (χ1n) is 6.06. The zero-order chi connectivity index (χ0) is 11.1. The van der Waals surface area contributed by atoms with E-state index in [9.17, 15) is 4.79 Å². The van der Waals surface area contributed by atoms with Crippen LogP contribution in [0, 0.1) is 5.92 Å². The second-order valence-electron chi connectivity index (χ2n) is 4.15. The molecule has 3 heteroatoms.